The van der Waals surface area contributed by atoms with Crippen LogP contribution in [0.3, 0.4) is 0 Å². The highest BCUT2D eigenvalue weighted by Crippen LogP contribution is 2.27. The molecule has 0 amide bonds. The van der Waals surface area contributed by atoms with Crippen LogP contribution in [0.4, 0.5) is 0 Å². The summed E-state index contributed by atoms with van der Waals surface area (Å²) in [6.45, 7) is 7.98. The molecular weight excluding hydrogens is 324 g/mol. The van der Waals surface area contributed by atoms with Crippen molar-refractivity contribution in [3.8, 4) is 0 Å². The van der Waals surface area contributed by atoms with Crippen LogP contribution in [0.15, 0.2) is 47.9 Å². The molecule has 1 atom stereocenters. The monoisotopic (exact) mass is 352 g/mol. The lowest BCUT2D eigenvalue weighted by Gasteiger charge is -2.39. The van der Waals surface area contributed by atoms with E-state index < -0.39 is 0 Å². The second-order valence-electron chi connectivity index (χ2n) is 7.08. The van der Waals surface area contributed by atoms with Gasteiger partial charge in [0, 0.05) is 56.1 Å². The number of hydrogen-bond acceptors (Lipinski definition) is 5. The van der Waals surface area contributed by atoms with E-state index in [4.69, 9.17) is 4.99 Å². The number of Topliss-reactive ketones (excluding diaryl/α,β-unsaturated/α-hetero) is 1. The molecule has 2 aliphatic heterocycles. The van der Waals surface area contributed by atoms with Crippen LogP contribution in [-0.2, 0) is 4.79 Å². The minimum Gasteiger partial charge on any atom is -0.342 e. The maximum absolute atomic E-state index is 12.5. The fourth-order valence-electron chi connectivity index (χ4n) is 3.53. The third kappa shape index (κ3) is 4.03. The average molecular weight is 352 g/mol. The minimum absolute atomic E-state index is 0.120. The Labute approximate surface area is 156 Å². The summed E-state index contributed by atoms with van der Waals surface area (Å²) in [5, 5.41) is 0. The molecule has 0 saturated carbocycles. The van der Waals surface area contributed by atoms with Gasteiger partial charge in [-0.15, -0.1) is 0 Å². The second kappa shape index (κ2) is 8.30. The standard InChI is InChI=1S/C21H28N4O/c1-4-5-8-20(26)18-7-6-13-25(15-18)21-23-19(14-16(2)24(21)3)17-9-11-22-12-10-17/h9-12,14,18H,2,4-8,13,15H2,1,3H3. The molecule has 0 radical (unpaired) electrons. The molecule has 3 heterocycles. The van der Waals surface area contributed by atoms with Crippen molar-refractivity contribution in [1.82, 2.24) is 14.8 Å². The first-order valence-electron chi connectivity index (χ1n) is 9.51. The van der Waals surface area contributed by atoms with Gasteiger partial charge >= 0.3 is 0 Å². The number of allylic oxidation sites excluding steroid dienone is 1. The zero-order valence-corrected chi connectivity index (χ0v) is 15.8. The van der Waals surface area contributed by atoms with Crippen molar-refractivity contribution in [2.24, 2.45) is 10.9 Å². The summed E-state index contributed by atoms with van der Waals surface area (Å²) < 4.78 is 0. The predicted molar refractivity (Wildman–Crippen MR) is 105 cm³/mol. The fourth-order valence-corrected chi connectivity index (χ4v) is 3.53. The summed E-state index contributed by atoms with van der Waals surface area (Å²) in [5.74, 6) is 1.41. The van der Waals surface area contributed by atoms with E-state index in [1.807, 2.05) is 30.2 Å². The first-order chi connectivity index (χ1) is 12.6. The van der Waals surface area contributed by atoms with Crippen molar-refractivity contribution in [2.45, 2.75) is 39.0 Å². The van der Waals surface area contributed by atoms with Crippen LogP contribution in [0.1, 0.15) is 44.6 Å². The molecule has 2 aliphatic rings. The highest BCUT2D eigenvalue weighted by atomic mass is 16.1. The number of aromatic nitrogens is 1. The largest absolute Gasteiger partial charge is 0.342 e. The normalized spacial score (nSPS) is 20.7. The highest BCUT2D eigenvalue weighted by Gasteiger charge is 2.30. The molecule has 3 rings (SSSR count). The SMILES string of the molecule is C=C1C=C(c2ccncc2)N=C(N2CCCC(C(=O)CCCC)C2)N1C. The van der Waals surface area contributed by atoms with E-state index in [2.05, 4.69) is 23.4 Å². The molecule has 138 valence electrons. The van der Waals surface area contributed by atoms with E-state index in [0.29, 0.717) is 12.2 Å². The van der Waals surface area contributed by atoms with Gasteiger partial charge in [0.25, 0.3) is 0 Å². The molecule has 26 heavy (non-hydrogen) atoms. The number of pyridine rings is 1. The first-order valence-corrected chi connectivity index (χ1v) is 9.51. The number of aliphatic imine (C=N–C) groups is 1. The number of likely N-dealkylation sites (tertiary alicyclic amines) is 1. The Balaban J connectivity index is 1.80. The van der Waals surface area contributed by atoms with Crippen LogP contribution in [0.5, 0.6) is 0 Å². The number of hydrogen-bond donors (Lipinski definition) is 0. The van der Waals surface area contributed by atoms with Gasteiger partial charge in [0.05, 0.1) is 5.70 Å². The molecule has 0 aliphatic carbocycles. The summed E-state index contributed by atoms with van der Waals surface area (Å²) in [4.78, 5) is 25.7. The summed E-state index contributed by atoms with van der Waals surface area (Å²) in [5.41, 5.74) is 2.82. The first kappa shape index (κ1) is 18.4. The van der Waals surface area contributed by atoms with Crippen LogP contribution in [0, 0.1) is 5.92 Å². The molecule has 5 nitrogen and oxygen atoms in total. The molecule has 1 aromatic rings. The predicted octanol–water partition coefficient (Wildman–Crippen LogP) is 3.71. The Morgan fingerprint density at radius 3 is 2.85 bits per heavy atom. The molecule has 0 spiro atoms. The second-order valence-corrected chi connectivity index (χ2v) is 7.08. The van der Waals surface area contributed by atoms with Crippen molar-refractivity contribution in [2.75, 3.05) is 20.1 Å². The van der Waals surface area contributed by atoms with E-state index in [0.717, 1.165) is 61.7 Å². The van der Waals surface area contributed by atoms with Crippen molar-refractivity contribution in [3.05, 3.63) is 48.4 Å². The van der Waals surface area contributed by atoms with Crippen LogP contribution in [-0.4, -0.2) is 46.7 Å². The Kier molecular flexibility index (Phi) is 5.86. The zero-order chi connectivity index (χ0) is 18.5. The van der Waals surface area contributed by atoms with Crippen molar-refractivity contribution in [1.29, 1.82) is 0 Å². The van der Waals surface area contributed by atoms with Gasteiger partial charge < -0.3 is 9.80 Å². The van der Waals surface area contributed by atoms with Crippen LogP contribution in [0.25, 0.3) is 5.70 Å². The molecule has 1 aromatic heterocycles. The Hall–Kier alpha value is -2.43. The molecule has 0 N–H and O–H groups in total. The van der Waals surface area contributed by atoms with Crippen LogP contribution in [0.2, 0.25) is 0 Å². The minimum atomic E-state index is 0.120. The van der Waals surface area contributed by atoms with Gasteiger partial charge in [-0.3, -0.25) is 9.78 Å². The molecule has 1 fully saturated rings. The van der Waals surface area contributed by atoms with E-state index >= 15 is 0 Å². The van der Waals surface area contributed by atoms with Crippen LogP contribution >= 0.6 is 0 Å². The molecular formula is C21H28N4O. The number of nitrogens with zero attached hydrogens (tertiary/aromatic N) is 4. The van der Waals surface area contributed by atoms with E-state index in [1.165, 1.54) is 0 Å². The van der Waals surface area contributed by atoms with Gasteiger partial charge in [-0.25, -0.2) is 4.99 Å². The van der Waals surface area contributed by atoms with Gasteiger partial charge in [0.1, 0.15) is 5.78 Å². The molecule has 1 saturated heterocycles. The lowest BCUT2D eigenvalue weighted by Crippen LogP contribution is -2.48. The van der Waals surface area contributed by atoms with Gasteiger partial charge in [-0.2, -0.15) is 0 Å². The lowest BCUT2D eigenvalue weighted by atomic mass is 9.91. The van der Waals surface area contributed by atoms with Gasteiger partial charge in [-0.1, -0.05) is 19.9 Å². The van der Waals surface area contributed by atoms with Crippen molar-refractivity contribution in [3.63, 3.8) is 0 Å². The smallest absolute Gasteiger partial charge is 0.206 e. The maximum atomic E-state index is 12.5. The molecule has 0 aromatic carbocycles. The maximum Gasteiger partial charge on any atom is 0.206 e. The number of likely N-dealkylation sites (N-methyl/N-ethyl adjacent to an activating group) is 1. The summed E-state index contributed by atoms with van der Waals surface area (Å²) in [6.07, 6.45) is 10.3. The Bertz CT molecular complexity index is 723. The van der Waals surface area contributed by atoms with Gasteiger partial charge in [0.15, 0.2) is 0 Å². The van der Waals surface area contributed by atoms with Gasteiger partial charge in [-0.05, 0) is 37.5 Å². The number of guanidine groups is 1. The third-order valence-electron chi connectivity index (χ3n) is 5.17. The Morgan fingerprint density at radius 2 is 2.12 bits per heavy atom. The summed E-state index contributed by atoms with van der Waals surface area (Å²) in [6, 6.07) is 3.91. The van der Waals surface area contributed by atoms with E-state index in [9.17, 15) is 4.79 Å². The van der Waals surface area contributed by atoms with Gasteiger partial charge in [0.2, 0.25) is 5.96 Å². The summed E-state index contributed by atoms with van der Waals surface area (Å²) >= 11 is 0. The van der Waals surface area contributed by atoms with E-state index in [1.54, 1.807) is 12.4 Å². The van der Waals surface area contributed by atoms with E-state index in [-0.39, 0.29) is 5.92 Å². The molecule has 1 unspecified atom stereocenters. The summed E-state index contributed by atoms with van der Waals surface area (Å²) in [7, 11) is 1.99. The average Bonchev–Trinajstić information content (AvgIpc) is 2.68. The number of piperidine rings is 1. The number of carbonyl (C=O) groups excluding carboxylic acids is 1. The molecule has 5 heteroatoms. The Morgan fingerprint density at radius 1 is 1.35 bits per heavy atom. The van der Waals surface area contributed by atoms with Crippen molar-refractivity contribution < 1.29 is 4.79 Å². The molecule has 0 bridgehead atoms. The lowest BCUT2D eigenvalue weighted by molar-refractivity contribution is -0.124. The quantitative estimate of drug-likeness (QED) is 0.810. The highest BCUT2D eigenvalue weighted by molar-refractivity contribution is 5.91. The van der Waals surface area contributed by atoms with Crippen molar-refractivity contribution >= 4 is 17.4 Å². The topological polar surface area (TPSA) is 48.8 Å². The zero-order valence-electron chi connectivity index (χ0n) is 15.8. The number of ketones is 1. The number of rotatable bonds is 5. The fraction of sp³-hybridized carbons (Fsp3) is 0.476. The number of unbranched alkanes of at least 4 members (excludes halogenated alkanes) is 1. The number of carbonyl (C=O) groups is 1. The third-order valence-corrected chi connectivity index (χ3v) is 5.17. The van der Waals surface area contributed by atoms with Crippen LogP contribution < -0.4 is 0 Å².